The van der Waals surface area contributed by atoms with Gasteiger partial charge in [-0.2, -0.15) is 0 Å². The average Bonchev–Trinajstić information content (AvgIpc) is 3.33. The van der Waals surface area contributed by atoms with Crippen molar-refractivity contribution >= 4 is 0 Å². The molecule has 0 spiro atoms. The van der Waals surface area contributed by atoms with Crippen molar-refractivity contribution in [2.45, 2.75) is 45.2 Å². The minimum absolute atomic E-state index is 0.406. The van der Waals surface area contributed by atoms with Crippen molar-refractivity contribution in [1.29, 1.82) is 0 Å². The first-order valence-corrected chi connectivity index (χ1v) is 9.59. The lowest BCUT2D eigenvalue weighted by Gasteiger charge is -2.32. The van der Waals surface area contributed by atoms with Gasteiger partial charge in [0.2, 0.25) is 0 Å². The van der Waals surface area contributed by atoms with Gasteiger partial charge in [0.05, 0.1) is 12.9 Å². The monoisotopic (exact) mass is 366 g/mol. The van der Waals surface area contributed by atoms with Crippen LogP contribution in [0.4, 0.5) is 0 Å². The molecule has 1 fully saturated rings. The first-order chi connectivity index (χ1) is 13.2. The molecule has 0 aromatic carbocycles. The fourth-order valence-corrected chi connectivity index (χ4v) is 3.73. The Balaban J connectivity index is 1.42. The van der Waals surface area contributed by atoms with Crippen LogP contribution in [-0.2, 0) is 26.6 Å². The molecule has 1 aliphatic rings. The van der Waals surface area contributed by atoms with Gasteiger partial charge in [0.25, 0.3) is 0 Å². The maximum Gasteiger partial charge on any atom is 0.152 e. The molecule has 0 amide bonds. The second kappa shape index (κ2) is 7.96. The number of aryl methyl sites for hydroxylation is 1. The SMILES string of the molecule is CCc1ncc(CN2CCC[C@H](c3nnc(Cn4ccnc4)n3C)C2)cn1. The molecule has 3 aromatic rings. The van der Waals surface area contributed by atoms with Crippen molar-refractivity contribution in [2.24, 2.45) is 7.05 Å². The molecule has 0 bridgehead atoms. The summed E-state index contributed by atoms with van der Waals surface area (Å²) >= 11 is 0. The lowest BCUT2D eigenvalue weighted by Crippen LogP contribution is -2.35. The summed E-state index contributed by atoms with van der Waals surface area (Å²) in [6, 6.07) is 0. The number of aromatic nitrogens is 7. The summed E-state index contributed by atoms with van der Waals surface area (Å²) in [5, 5.41) is 8.93. The molecular formula is C19H26N8. The van der Waals surface area contributed by atoms with Crippen molar-refractivity contribution in [3.63, 3.8) is 0 Å². The summed E-state index contributed by atoms with van der Waals surface area (Å²) in [6.45, 7) is 5.76. The standard InChI is InChI=1S/C19H26N8/c1-3-17-21-9-15(10-22-17)11-26-7-4-5-16(12-26)19-24-23-18(25(19)2)13-27-8-6-20-14-27/h6,8-10,14,16H,3-5,7,11-13H2,1-2H3/t16-/m0/s1. The van der Waals surface area contributed by atoms with E-state index in [1.54, 1.807) is 6.20 Å². The Bertz CT molecular complexity index is 852. The van der Waals surface area contributed by atoms with Crippen LogP contribution < -0.4 is 0 Å². The quantitative estimate of drug-likeness (QED) is 0.662. The van der Waals surface area contributed by atoms with Crippen LogP contribution in [0.15, 0.2) is 31.1 Å². The van der Waals surface area contributed by atoms with Gasteiger partial charge in [-0.05, 0) is 19.4 Å². The molecule has 0 radical (unpaired) electrons. The van der Waals surface area contributed by atoms with E-state index < -0.39 is 0 Å². The maximum absolute atomic E-state index is 4.51. The van der Waals surface area contributed by atoms with E-state index in [1.807, 2.05) is 29.5 Å². The summed E-state index contributed by atoms with van der Waals surface area (Å²) in [5.41, 5.74) is 1.17. The Kier molecular flexibility index (Phi) is 5.24. The van der Waals surface area contributed by atoms with E-state index in [4.69, 9.17) is 0 Å². The molecule has 142 valence electrons. The smallest absolute Gasteiger partial charge is 0.152 e. The Hall–Kier alpha value is -2.61. The molecule has 8 heteroatoms. The molecule has 8 nitrogen and oxygen atoms in total. The number of hydrogen-bond acceptors (Lipinski definition) is 6. The second-order valence-electron chi connectivity index (χ2n) is 7.20. The van der Waals surface area contributed by atoms with Crippen LogP contribution in [0.2, 0.25) is 0 Å². The Morgan fingerprint density at radius 3 is 2.74 bits per heavy atom. The topological polar surface area (TPSA) is 77.5 Å². The van der Waals surface area contributed by atoms with E-state index in [0.29, 0.717) is 12.5 Å². The Labute approximate surface area is 159 Å². The second-order valence-corrected chi connectivity index (χ2v) is 7.20. The molecule has 27 heavy (non-hydrogen) atoms. The molecule has 1 saturated heterocycles. The van der Waals surface area contributed by atoms with E-state index >= 15 is 0 Å². The van der Waals surface area contributed by atoms with Gasteiger partial charge in [-0.3, -0.25) is 4.90 Å². The Morgan fingerprint density at radius 1 is 1.15 bits per heavy atom. The third kappa shape index (κ3) is 4.05. The van der Waals surface area contributed by atoms with E-state index in [0.717, 1.165) is 49.9 Å². The largest absolute Gasteiger partial charge is 0.330 e. The van der Waals surface area contributed by atoms with Crippen molar-refractivity contribution in [2.75, 3.05) is 13.1 Å². The molecule has 1 aliphatic heterocycles. The average molecular weight is 366 g/mol. The first kappa shape index (κ1) is 17.8. The van der Waals surface area contributed by atoms with Gasteiger partial charge in [-0.1, -0.05) is 6.92 Å². The van der Waals surface area contributed by atoms with Crippen LogP contribution >= 0.6 is 0 Å². The molecule has 0 saturated carbocycles. The summed E-state index contributed by atoms with van der Waals surface area (Å²) in [7, 11) is 2.07. The minimum Gasteiger partial charge on any atom is -0.330 e. The highest BCUT2D eigenvalue weighted by molar-refractivity contribution is 5.08. The lowest BCUT2D eigenvalue weighted by atomic mass is 9.97. The Morgan fingerprint density at radius 2 is 2.00 bits per heavy atom. The highest BCUT2D eigenvalue weighted by Gasteiger charge is 2.26. The van der Waals surface area contributed by atoms with Gasteiger partial charge in [-0.25, -0.2) is 15.0 Å². The van der Waals surface area contributed by atoms with Gasteiger partial charge in [0.15, 0.2) is 5.82 Å². The van der Waals surface area contributed by atoms with Gasteiger partial charge < -0.3 is 9.13 Å². The zero-order valence-corrected chi connectivity index (χ0v) is 16.0. The molecule has 4 rings (SSSR count). The fraction of sp³-hybridized carbons (Fsp3) is 0.526. The summed E-state index contributed by atoms with van der Waals surface area (Å²) in [6.07, 6.45) is 12.7. The molecule has 0 aliphatic carbocycles. The van der Waals surface area contributed by atoms with Crippen LogP contribution in [0.3, 0.4) is 0 Å². The number of piperidine rings is 1. The fourth-order valence-electron chi connectivity index (χ4n) is 3.73. The zero-order valence-electron chi connectivity index (χ0n) is 16.0. The third-order valence-electron chi connectivity index (χ3n) is 5.23. The molecule has 0 unspecified atom stereocenters. The van der Waals surface area contributed by atoms with Gasteiger partial charge in [0, 0.05) is 62.8 Å². The number of likely N-dealkylation sites (tertiary alicyclic amines) is 1. The summed E-state index contributed by atoms with van der Waals surface area (Å²) < 4.78 is 4.16. The highest BCUT2D eigenvalue weighted by Crippen LogP contribution is 2.26. The van der Waals surface area contributed by atoms with E-state index in [-0.39, 0.29) is 0 Å². The molecular weight excluding hydrogens is 340 g/mol. The first-order valence-electron chi connectivity index (χ1n) is 9.59. The van der Waals surface area contributed by atoms with Crippen molar-refractivity contribution in [3.05, 3.63) is 54.2 Å². The maximum atomic E-state index is 4.51. The minimum atomic E-state index is 0.406. The number of rotatable bonds is 6. The van der Waals surface area contributed by atoms with Crippen molar-refractivity contribution in [1.82, 2.24) is 39.2 Å². The van der Waals surface area contributed by atoms with Gasteiger partial charge >= 0.3 is 0 Å². The number of hydrogen-bond donors (Lipinski definition) is 0. The van der Waals surface area contributed by atoms with Crippen LogP contribution in [0.1, 0.15) is 48.7 Å². The summed E-state index contributed by atoms with van der Waals surface area (Å²) in [5.74, 6) is 3.35. The zero-order chi connectivity index (χ0) is 18.6. The van der Waals surface area contributed by atoms with Crippen LogP contribution in [-0.4, -0.2) is 52.3 Å². The van der Waals surface area contributed by atoms with Crippen LogP contribution in [0.25, 0.3) is 0 Å². The molecule has 1 atom stereocenters. The van der Waals surface area contributed by atoms with Crippen molar-refractivity contribution < 1.29 is 0 Å². The normalized spacial score (nSPS) is 18.1. The molecule has 4 heterocycles. The van der Waals surface area contributed by atoms with E-state index in [2.05, 4.69) is 48.6 Å². The van der Waals surface area contributed by atoms with E-state index in [9.17, 15) is 0 Å². The third-order valence-corrected chi connectivity index (χ3v) is 5.23. The molecule has 3 aromatic heterocycles. The number of nitrogens with zero attached hydrogens (tertiary/aromatic N) is 8. The molecule has 0 N–H and O–H groups in total. The predicted molar refractivity (Wildman–Crippen MR) is 101 cm³/mol. The van der Waals surface area contributed by atoms with E-state index in [1.165, 1.54) is 12.0 Å². The highest BCUT2D eigenvalue weighted by atomic mass is 15.3. The number of imidazole rings is 1. The predicted octanol–water partition coefficient (Wildman–Crippen LogP) is 1.79. The summed E-state index contributed by atoms with van der Waals surface area (Å²) in [4.78, 5) is 15.4. The van der Waals surface area contributed by atoms with Crippen LogP contribution in [0.5, 0.6) is 0 Å². The lowest BCUT2D eigenvalue weighted by molar-refractivity contribution is 0.194. The van der Waals surface area contributed by atoms with Gasteiger partial charge in [-0.15, -0.1) is 10.2 Å². The van der Waals surface area contributed by atoms with Crippen molar-refractivity contribution in [3.8, 4) is 0 Å². The van der Waals surface area contributed by atoms with Gasteiger partial charge in [0.1, 0.15) is 11.6 Å². The van der Waals surface area contributed by atoms with Crippen LogP contribution in [0, 0.1) is 0 Å².